The molecule has 1 heterocycles. The standard InChI is InChI=1S/C9H16BF2N2P/c1-6(2)14-5-4-7(13-14)9(10,15)8(3,11)12/h4-6H,10,15H2,1-3H3. The SMILES string of the molecule is BC(P)(c1ccn(C(C)C)n1)C(C)(F)F. The van der Waals surface area contributed by atoms with E-state index < -0.39 is 11.0 Å². The molecule has 2 atom stereocenters. The quantitative estimate of drug-likeness (QED) is 0.573. The molecule has 1 aromatic rings. The van der Waals surface area contributed by atoms with Crippen LogP contribution in [0.15, 0.2) is 12.3 Å². The summed E-state index contributed by atoms with van der Waals surface area (Å²) in [5.74, 6) is -2.81. The van der Waals surface area contributed by atoms with E-state index in [4.69, 9.17) is 0 Å². The van der Waals surface area contributed by atoms with Gasteiger partial charge in [-0.15, -0.1) is 9.24 Å². The first-order valence-electron chi connectivity index (χ1n) is 4.88. The van der Waals surface area contributed by atoms with Gasteiger partial charge in [0.15, 0.2) is 0 Å². The average Bonchev–Trinajstić information content (AvgIpc) is 2.49. The van der Waals surface area contributed by atoms with Crippen LogP contribution in [0.3, 0.4) is 0 Å². The fraction of sp³-hybridized carbons (Fsp3) is 0.667. The van der Waals surface area contributed by atoms with Gasteiger partial charge in [0.25, 0.3) is 5.92 Å². The molecule has 0 aromatic carbocycles. The zero-order chi connectivity index (χ0) is 11.9. The molecule has 0 radical (unpaired) electrons. The first-order valence-corrected chi connectivity index (χ1v) is 5.46. The highest BCUT2D eigenvalue weighted by Crippen LogP contribution is 2.41. The molecule has 0 aliphatic carbocycles. The van der Waals surface area contributed by atoms with Gasteiger partial charge in [0.1, 0.15) is 7.85 Å². The van der Waals surface area contributed by atoms with Crippen molar-refractivity contribution in [2.45, 2.75) is 37.8 Å². The molecule has 0 aliphatic rings. The van der Waals surface area contributed by atoms with Crippen molar-refractivity contribution < 1.29 is 8.78 Å². The summed E-state index contributed by atoms with van der Waals surface area (Å²) in [6.07, 6.45) is 1.73. The minimum Gasteiger partial charge on any atom is -0.270 e. The maximum absolute atomic E-state index is 13.3. The average molecular weight is 232 g/mol. The van der Waals surface area contributed by atoms with Crippen molar-refractivity contribution in [1.82, 2.24) is 9.78 Å². The maximum atomic E-state index is 13.3. The van der Waals surface area contributed by atoms with E-state index in [-0.39, 0.29) is 6.04 Å². The van der Waals surface area contributed by atoms with Crippen LogP contribution < -0.4 is 0 Å². The molecule has 84 valence electrons. The van der Waals surface area contributed by atoms with Crippen LogP contribution in [0.1, 0.15) is 32.5 Å². The van der Waals surface area contributed by atoms with Crippen molar-refractivity contribution in [2.24, 2.45) is 0 Å². The number of alkyl halides is 2. The molecule has 0 amide bonds. The lowest BCUT2D eigenvalue weighted by atomic mass is 9.78. The van der Waals surface area contributed by atoms with Crippen LogP contribution >= 0.6 is 9.24 Å². The molecule has 1 rings (SSSR count). The number of hydrogen-bond acceptors (Lipinski definition) is 1. The lowest BCUT2D eigenvalue weighted by molar-refractivity contribution is 0.00314. The Morgan fingerprint density at radius 2 is 2.07 bits per heavy atom. The predicted octanol–water partition coefficient (Wildman–Crippen LogP) is 1.78. The minimum absolute atomic E-state index is 0.185. The molecule has 0 bridgehead atoms. The van der Waals surface area contributed by atoms with Gasteiger partial charge in [-0.3, -0.25) is 4.68 Å². The van der Waals surface area contributed by atoms with Crippen LogP contribution in [0.25, 0.3) is 0 Å². The second kappa shape index (κ2) is 3.86. The molecule has 0 fully saturated rings. The van der Waals surface area contributed by atoms with E-state index in [1.165, 1.54) is 7.85 Å². The van der Waals surface area contributed by atoms with Crippen LogP contribution in [-0.4, -0.2) is 23.5 Å². The summed E-state index contributed by atoms with van der Waals surface area (Å²) in [4.78, 5) is 0. The van der Waals surface area contributed by atoms with E-state index in [2.05, 4.69) is 14.3 Å². The number of aromatic nitrogens is 2. The highest BCUT2D eigenvalue weighted by molar-refractivity contribution is 7.21. The van der Waals surface area contributed by atoms with Gasteiger partial charge in [0.2, 0.25) is 0 Å². The summed E-state index contributed by atoms with van der Waals surface area (Å²) in [7, 11) is 3.67. The maximum Gasteiger partial charge on any atom is 0.252 e. The Hall–Kier alpha value is -0.435. The van der Waals surface area contributed by atoms with Crippen LogP contribution in [0.2, 0.25) is 0 Å². The molecule has 2 unspecified atom stereocenters. The van der Waals surface area contributed by atoms with Crippen LogP contribution in [0, 0.1) is 0 Å². The lowest BCUT2D eigenvalue weighted by Gasteiger charge is -2.29. The molecule has 6 heteroatoms. The summed E-state index contributed by atoms with van der Waals surface area (Å²) in [6.45, 7) is 4.83. The first-order chi connectivity index (χ1) is 6.66. The Balaban J connectivity index is 3.06. The zero-order valence-corrected chi connectivity index (χ0v) is 10.6. The monoisotopic (exact) mass is 232 g/mol. The molecular weight excluding hydrogens is 216 g/mol. The van der Waals surface area contributed by atoms with Crippen molar-refractivity contribution >= 4 is 17.1 Å². The van der Waals surface area contributed by atoms with Crippen molar-refractivity contribution in [1.29, 1.82) is 0 Å². The van der Waals surface area contributed by atoms with Gasteiger partial charge in [-0.1, -0.05) is 0 Å². The van der Waals surface area contributed by atoms with E-state index in [0.29, 0.717) is 5.69 Å². The Labute approximate surface area is 92.0 Å². The normalized spacial score (nSPS) is 16.7. The van der Waals surface area contributed by atoms with Gasteiger partial charge in [-0.05, 0) is 26.8 Å². The van der Waals surface area contributed by atoms with Gasteiger partial charge < -0.3 is 0 Å². The molecular formula is C9H16BF2N2P. The summed E-state index contributed by atoms with van der Waals surface area (Å²) in [6, 6.07) is 1.83. The summed E-state index contributed by atoms with van der Waals surface area (Å²) in [5, 5.41) is 2.85. The van der Waals surface area contributed by atoms with E-state index in [1.54, 1.807) is 16.9 Å². The number of nitrogens with zero attached hydrogens (tertiary/aromatic N) is 2. The number of hydrogen-bond donors (Lipinski definition) is 0. The first kappa shape index (κ1) is 12.6. The van der Waals surface area contributed by atoms with Gasteiger partial charge >= 0.3 is 0 Å². The van der Waals surface area contributed by atoms with E-state index in [0.717, 1.165) is 6.92 Å². The Morgan fingerprint density at radius 1 is 1.53 bits per heavy atom. The third-order valence-electron chi connectivity index (χ3n) is 2.58. The van der Waals surface area contributed by atoms with Crippen LogP contribution in [-0.2, 0) is 5.06 Å². The van der Waals surface area contributed by atoms with E-state index in [9.17, 15) is 8.78 Å². The third-order valence-corrected chi connectivity index (χ3v) is 3.38. The molecule has 0 spiro atoms. The van der Waals surface area contributed by atoms with Gasteiger partial charge in [0.05, 0.1) is 10.7 Å². The lowest BCUT2D eigenvalue weighted by Crippen LogP contribution is -2.38. The largest absolute Gasteiger partial charge is 0.270 e. The second-order valence-corrected chi connectivity index (χ2v) is 5.52. The number of rotatable bonds is 3. The van der Waals surface area contributed by atoms with Gasteiger partial charge in [-0.2, -0.15) is 5.10 Å². The van der Waals surface area contributed by atoms with Crippen LogP contribution in [0.5, 0.6) is 0 Å². The summed E-state index contributed by atoms with van der Waals surface area (Å²) >= 11 is 0. The highest BCUT2D eigenvalue weighted by Gasteiger charge is 2.45. The van der Waals surface area contributed by atoms with E-state index >= 15 is 0 Å². The topological polar surface area (TPSA) is 17.8 Å². The highest BCUT2D eigenvalue weighted by atomic mass is 31.0. The molecule has 0 N–H and O–H groups in total. The third kappa shape index (κ3) is 2.39. The van der Waals surface area contributed by atoms with Gasteiger partial charge in [-0.25, -0.2) is 8.78 Å². The smallest absolute Gasteiger partial charge is 0.252 e. The molecule has 2 nitrogen and oxygen atoms in total. The molecule has 0 saturated heterocycles. The van der Waals surface area contributed by atoms with Crippen molar-refractivity contribution in [3.63, 3.8) is 0 Å². The molecule has 15 heavy (non-hydrogen) atoms. The Morgan fingerprint density at radius 3 is 2.40 bits per heavy atom. The molecule has 0 aliphatic heterocycles. The van der Waals surface area contributed by atoms with Crippen LogP contribution in [0.4, 0.5) is 8.78 Å². The van der Waals surface area contributed by atoms with Gasteiger partial charge in [0, 0.05) is 12.2 Å². The van der Waals surface area contributed by atoms with Crippen molar-refractivity contribution in [2.75, 3.05) is 0 Å². The summed E-state index contributed by atoms with van der Waals surface area (Å²) < 4.78 is 28.3. The molecule has 0 saturated carbocycles. The Bertz CT molecular complexity index is 344. The fourth-order valence-corrected chi connectivity index (χ4v) is 1.28. The fourth-order valence-electron chi connectivity index (χ4n) is 1.13. The second-order valence-electron chi connectivity index (χ2n) is 4.37. The minimum atomic E-state index is -2.81. The molecule has 1 aromatic heterocycles. The van der Waals surface area contributed by atoms with Crippen molar-refractivity contribution in [3.8, 4) is 0 Å². The Kier molecular flexibility index (Phi) is 3.25. The van der Waals surface area contributed by atoms with E-state index in [1.807, 2.05) is 13.8 Å². The number of halogens is 2. The zero-order valence-electron chi connectivity index (χ0n) is 9.46. The predicted molar refractivity (Wildman–Crippen MR) is 63.2 cm³/mol. The van der Waals surface area contributed by atoms with Crippen molar-refractivity contribution in [3.05, 3.63) is 18.0 Å². The summed E-state index contributed by atoms with van der Waals surface area (Å²) in [5.41, 5.74) is 0.397.